The smallest absolute Gasteiger partial charge is 0.140 e. The summed E-state index contributed by atoms with van der Waals surface area (Å²) in [4.78, 5) is 0. The quantitative estimate of drug-likeness (QED) is 0.672. The average molecular weight is 217 g/mol. The number of halogens is 2. The average Bonchev–Trinajstić information content (AvgIpc) is 1.94. The van der Waals surface area contributed by atoms with Gasteiger partial charge < -0.3 is 0 Å². The second-order valence-electron chi connectivity index (χ2n) is 2.80. The van der Waals surface area contributed by atoms with E-state index in [1.165, 1.54) is 0 Å². The Morgan fingerprint density at radius 1 is 1.36 bits per heavy atom. The largest absolute Gasteiger partial charge is 0.205 e. The van der Waals surface area contributed by atoms with Gasteiger partial charge in [-0.05, 0) is 33.5 Å². The van der Waals surface area contributed by atoms with E-state index in [2.05, 4.69) is 15.9 Å². The number of rotatable bonds is 1. The van der Waals surface area contributed by atoms with Crippen LogP contribution in [0.15, 0.2) is 22.7 Å². The first-order valence-electron chi connectivity index (χ1n) is 3.57. The first-order valence-corrected chi connectivity index (χ1v) is 4.36. The molecule has 0 saturated heterocycles. The predicted molar refractivity (Wildman–Crippen MR) is 48.2 cm³/mol. The van der Waals surface area contributed by atoms with E-state index in [-0.39, 0.29) is 11.7 Å². The number of hydrogen-bond donors (Lipinski definition) is 0. The Labute approximate surface area is 74.6 Å². The van der Waals surface area contributed by atoms with Crippen LogP contribution in [-0.2, 0) is 0 Å². The summed E-state index contributed by atoms with van der Waals surface area (Å²) >= 11 is 3.14. The van der Waals surface area contributed by atoms with Crippen LogP contribution in [0.1, 0.15) is 25.3 Å². The fraction of sp³-hybridized carbons (Fsp3) is 0.333. The highest BCUT2D eigenvalue weighted by Gasteiger charge is 2.07. The van der Waals surface area contributed by atoms with E-state index in [0.717, 1.165) is 5.56 Å². The second-order valence-corrected chi connectivity index (χ2v) is 3.65. The molecule has 2 heteroatoms. The lowest BCUT2D eigenvalue weighted by atomic mass is 10.0. The lowest BCUT2D eigenvalue weighted by molar-refractivity contribution is 0.592. The van der Waals surface area contributed by atoms with Crippen LogP contribution in [-0.4, -0.2) is 0 Å². The summed E-state index contributed by atoms with van der Waals surface area (Å²) in [6.07, 6.45) is 0. The molecular formula is C9H10BrF. The van der Waals surface area contributed by atoms with Crippen molar-refractivity contribution in [3.63, 3.8) is 0 Å². The van der Waals surface area contributed by atoms with E-state index in [9.17, 15) is 4.39 Å². The van der Waals surface area contributed by atoms with Gasteiger partial charge in [-0.15, -0.1) is 0 Å². The van der Waals surface area contributed by atoms with Crippen molar-refractivity contribution in [1.82, 2.24) is 0 Å². The first kappa shape index (κ1) is 8.72. The Kier molecular flexibility index (Phi) is 2.66. The maximum Gasteiger partial charge on any atom is 0.140 e. The van der Waals surface area contributed by atoms with Crippen molar-refractivity contribution in [2.45, 2.75) is 19.8 Å². The SMILES string of the molecule is CC(C)c1cccc(Br)c1F. The van der Waals surface area contributed by atoms with Crippen LogP contribution in [0.5, 0.6) is 0 Å². The normalized spacial score (nSPS) is 10.6. The predicted octanol–water partition coefficient (Wildman–Crippen LogP) is 3.71. The van der Waals surface area contributed by atoms with Gasteiger partial charge in [-0.25, -0.2) is 4.39 Å². The summed E-state index contributed by atoms with van der Waals surface area (Å²) < 4.78 is 13.8. The molecule has 0 aromatic heterocycles. The Hall–Kier alpha value is -0.370. The topological polar surface area (TPSA) is 0 Å². The van der Waals surface area contributed by atoms with E-state index >= 15 is 0 Å². The zero-order valence-corrected chi connectivity index (χ0v) is 8.15. The minimum atomic E-state index is -0.137. The van der Waals surface area contributed by atoms with Crippen LogP contribution in [0.25, 0.3) is 0 Å². The maximum atomic E-state index is 13.2. The molecular weight excluding hydrogens is 207 g/mol. The summed E-state index contributed by atoms with van der Waals surface area (Å²) in [7, 11) is 0. The Morgan fingerprint density at radius 2 is 2.00 bits per heavy atom. The van der Waals surface area contributed by atoms with Crippen molar-refractivity contribution in [2.75, 3.05) is 0 Å². The molecule has 0 aliphatic carbocycles. The molecule has 0 saturated carbocycles. The van der Waals surface area contributed by atoms with Crippen molar-refractivity contribution >= 4 is 15.9 Å². The molecule has 60 valence electrons. The third-order valence-electron chi connectivity index (χ3n) is 1.60. The molecule has 0 radical (unpaired) electrons. The van der Waals surface area contributed by atoms with Crippen molar-refractivity contribution in [3.8, 4) is 0 Å². The van der Waals surface area contributed by atoms with Crippen LogP contribution in [0.3, 0.4) is 0 Å². The van der Waals surface area contributed by atoms with Gasteiger partial charge in [0.2, 0.25) is 0 Å². The van der Waals surface area contributed by atoms with Gasteiger partial charge in [-0.1, -0.05) is 26.0 Å². The van der Waals surface area contributed by atoms with Gasteiger partial charge in [0.15, 0.2) is 0 Å². The molecule has 0 nitrogen and oxygen atoms in total. The van der Waals surface area contributed by atoms with Gasteiger partial charge in [0, 0.05) is 0 Å². The van der Waals surface area contributed by atoms with Crippen molar-refractivity contribution in [2.24, 2.45) is 0 Å². The Bertz CT molecular complexity index is 256. The van der Waals surface area contributed by atoms with Gasteiger partial charge in [-0.2, -0.15) is 0 Å². The van der Waals surface area contributed by atoms with E-state index in [0.29, 0.717) is 4.47 Å². The van der Waals surface area contributed by atoms with Crippen LogP contribution in [0, 0.1) is 5.82 Å². The highest BCUT2D eigenvalue weighted by Crippen LogP contribution is 2.24. The minimum Gasteiger partial charge on any atom is -0.205 e. The molecule has 0 spiro atoms. The summed E-state index contributed by atoms with van der Waals surface area (Å²) in [5.74, 6) is 0.106. The van der Waals surface area contributed by atoms with E-state index in [4.69, 9.17) is 0 Å². The zero-order chi connectivity index (χ0) is 8.43. The fourth-order valence-electron chi connectivity index (χ4n) is 0.966. The Balaban J connectivity index is 3.17. The molecule has 0 bridgehead atoms. The van der Waals surface area contributed by atoms with Crippen molar-refractivity contribution in [1.29, 1.82) is 0 Å². The number of benzene rings is 1. The third kappa shape index (κ3) is 1.80. The van der Waals surface area contributed by atoms with Crippen LogP contribution in [0.2, 0.25) is 0 Å². The van der Waals surface area contributed by atoms with Gasteiger partial charge in [0.05, 0.1) is 4.47 Å². The van der Waals surface area contributed by atoms with Crippen LogP contribution in [0.4, 0.5) is 4.39 Å². The monoisotopic (exact) mass is 216 g/mol. The minimum absolute atomic E-state index is 0.137. The molecule has 0 N–H and O–H groups in total. The van der Waals surface area contributed by atoms with Crippen molar-refractivity contribution in [3.05, 3.63) is 34.1 Å². The zero-order valence-electron chi connectivity index (χ0n) is 6.57. The van der Waals surface area contributed by atoms with E-state index in [1.54, 1.807) is 6.07 Å². The second kappa shape index (κ2) is 3.35. The summed E-state index contributed by atoms with van der Waals surface area (Å²) in [5, 5.41) is 0. The summed E-state index contributed by atoms with van der Waals surface area (Å²) in [6.45, 7) is 3.95. The van der Waals surface area contributed by atoms with E-state index in [1.807, 2.05) is 26.0 Å². The molecule has 0 atom stereocenters. The highest BCUT2D eigenvalue weighted by molar-refractivity contribution is 9.10. The van der Waals surface area contributed by atoms with Gasteiger partial charge in [0.25, 0.3) is 0 Å². The standard InChI is InChI=1S/C9H10BrF/c1-6(2)7-4-3-5-8(10)9(7)11/h3-6H,1-2H3. The molecule has 0 aliphatic rings. The Morgan fingerprint density at radius 3 is 2.45 bits per heavy atom. The highest BCUT2D eigenvalue weighted by atomic mass is 79.9. The molecule has 0 heterocycles. The first-order chi connectivity index (χ1) is 5.13. The van der Waals surface area contributed by atoms with Gasteiger partial charge in [-0.3, -0.25) is 0 Å². The molecule has 1 aromatic carbocycles. The summed E-state index contributed by atoms with van der Waals surface area (Å²) in [5.41, 5.74) is 0.763. The third-order valence-corrected chi connectivity index (χ3v) is 2.22. The fourth-order valence-corrected chi connectivity index (χ4v) is 1.35. The molecule has 0 aliphatic heterocycles. The summed E-state index contributed by atoms with van der Waals surface area (Å²) in [6, 6.07) is 5.37. The molecule has 1 rings (SSSR count). The number of hydrogen-bond acceptors (Lipinski definition) is 0. The lowest BCUT2D eigenvalue weighted by Gasteiger charge is -2.06. The van der Waals surface area contributed by atoms with Gasteiger partial charge >= 0.3 is 0 Å². The molecule has 11 heavy (non-hydrogen) atoms. The lowest BCUT2D eigenvalue weighted by Crippen LogP contribution is -1.92. The molecule has 1 aromatic rings. The van der Waals surface area contributed by atoms with Crippen LogP contribution >= 0.6 is 15.9 Å². The van der Waals surface area contributed by atoms with E-state index < -0.39 is 0 Å². The van der Waals surface area contributed by atoms with Crippen molar-refractivity contribution < 1.29 is 4.39 Å². The van der Waals surface area contributed by atoms with Gasteiger partial charge in [0.1, 0.15) is 5.82 Å². The molecule has 0 unspecified atom stereocenters. The van der Waals surface area contributed by atoms with Crippen LogP contribution < -0.4 is 0 Å². The molecule has 0 fully saturated rings. The maximum absolute atomic E-state index is 13.2. The molecule has 0 amide bonds.